The van der Waals surface area contributed by atoms with E-state index in [1.54, 1.807) is 24.4 Å². The van der Waals surface area contributed by atoms with Gasteiger partial charge in [0.25, 0.3) is 5.88 Å². The first-order valence-corrected chi connectivity index (χ1v) is 8.54. The maximum Gasteiger partial charge on any atom is 0.427 e. The average molecular weight is 413 g/mol. The number of hydrogen-bond donors (Lipinski definition) is 0. The van der Waals surface area contributed by atoms with Crippen LogP contribution in [0.5, 0.6) is 5.88 Å². The largest absolute Gasteiger partial charge is 0.460 e. The van der Waals surface area contributed by atoms with Crippen LogP contribution in [0.3, 0.4) is 0 Å². The number of rotatable bonds is 5. The summed E-state index contributed by atoms with van der Waals surface area (Å²) in [6.45, 7) is 5.20. The number of methoxy groups -OCH3 is 1. The maximum atomic E-state index is 14.4. The van der Waals surface area contributed by atoms with Crippen molar-refractivity contribution in [2.75, 3.05) is 7.11 Å². The zero-order valence-electron chi connectivity index (χ0n) is 16.4. The molecule has 156 valence electrons. The third-order valence-corrected chi connectivity index (χ3v) is 4.48. The van der Waals surface area contributed by atoms with E-state index < -0.39 is 29.1 Å². The highest BCUT2D eigenvalue weighted by Gasteiger charge is 2.50. The van der Waals surface area contributed by atoms with Crippen molar-refractivity contribution in [3.63, 3.8) is 0 Å². The topological polar surface area (TPSA) is 74.4 Å². The first-order chi connectivity index (χ1) is 13.4. The molecule has 0 amide bonds. The highest BCUT2D eigenvalue weighted by atomic mass is 19.4. The van der Waals surface area contributed by atoms with Gasteiger partial charge in [-0.05, 0) is 33.8 Å². The van der Waals surface area contributed by atoms with Crippen LogP contribution in [-0.4, -0.2) is 43.5 Å². The maximum absolute atomic E-state index is 14.4. The second-order valence-corrected chi connectivity index (χ2v) is 7.36. The monoisotopic (exact) mass is 413 g/mol. The molecule has 0 aliphatic carbocycles. The fraction of sp³-hybridized carbons (Fsp3) is 0.444. The van der Waals surface area contributed by atoms with Gasteiger partial charge < -0.3 is 9.47 Å². The minimum atomic E-state index is -4.69. The minimum Gasteiger partial charge on any atom is -0.460 e. The zero-order valence-corrected chi connectivity index (χ0v) is 16.4. The van der Waals surface area contributed by atoms with Gasteiger partial charge in [0.2, 0.25) is 0 Å². The summed E-state index contributed by atoms with van der Waals surface area (Å²) in [5, 5.41) is 8.12. The number of aromatic nitrogens is 5. The average Bonchev–Trinajstić information content (AvgIpc) is 3.06. The van der Waals surface area contributed by atoms with E-state index in [0.717, 1.165) is 19.9 Å². The Morgan fingerprint density at radius 1 is 1.00 bits per heavy atom. The molecule has 0 N–H and O–H groups in total. The molecular formula is C18H19F4N5O2. The second kappa shape index (κ2) is 6.90. The molecule has 0 aliphatic rings. The Bertz CT molecular complexity index is 1050. The van der Waals surface area contributed by atoms with Crippen LogP contribution in [0.25, 0.3) is 16.9 Å². The predicted molar refractivity (Wildman–Crippen MR) is 94.8 cm³/mol. The molecule has 0 fully saturated rings. The van der Waals surface area contributed by atoms with Crippen LogP contribution in [-0.2, 0) is 10.3 Å². The molecule has 7 nitrogen and oxygen atoms in total. The number of alkyl halides is 3. The van der Waals surface area contributed by atoms with Gasteiger partial charge in [-0.2, -0.15) is 13.2 Å². The lowest BCUT2D eigenvalue weighted by atomic mass is 10.1. The van der Waals surface area contributed by atoms with Gasteiger partial charge in [0.15, 0.2) is 22.9 Å². The molecule has 0 spiro atoms. The van der Waals surface area contributed by atoms with Gasteiger partial charge in [-0.25, -0.2) is 9.37 Å². The van der Waals surface area contributed by atoms with Crippen molar-refractivity contribution in [3.05, 3.63) is 36.3 Å². The van der Waals surface area contributed by atoms with E-state index in [4.69, 9.17) is 9.47 Å². The predicted octanol–water partition coefficient (Wildman–Crippen LogP) is 3.93. The highest BCUT2D eigenvalue weighted by Crippen LogP contribution is 2.35. The lowest BCUT2D eigenvalue weighted by Gasteiger charge is -2.28. The Balaban J connectivity index is 1.98. The Labute approximate surface area is 163 Å². The van der Waals surface area contributed by atoms with Gasteiger partial charge in [0.1, 0.15) is 5.60 Å². The molecule has 3 heterocycles. The third kappa shape index (κ3) is 3.86. The highest BCUT2D eigenvalue weighted by molar-refractivity contribution is 5.59. The van der Waals surface area contributed by atoms with E-state index in [1.807, 2.05) is 0 Å². The fourth-order valence-electron chi connectivity index (χ4n) is 2.39. The molecule has 3 rings (SSSR count). The van der Waals surface area contributed by atoms with E-state index in [-0.39, 0.29) is 5.56 Å². The van der Waals surface area contributed by atoms with Crippen LogP contribution >= 0.6 is 0 Å². The first-order valence-electron chi connectivity index (χ1n) is 8.54. The quantitative estimate of drug-likeness (QED) is 0.590. The summed E-state index contributed by atoms with van der Waals surface area (Å²) >= 11 is 0. The Morgan fingerprint density at radius 2 is 1.69 bits per heavy atom. The van der Waals surface area contributed by atoms with Crippen LogP contribution in [0.15, 0.2) is 24.7 Å². The van der Waals surface area contributed by atoms with Crippen LogP contribution in [0, 0.1) is 5.82 Å². The lowest BCUT2D eigenvalue weighted by Crippen LogP contribution is -2.45. The van der Waals surface area contributed by atoms with Crippen molar-refractivity contribution in [1.29, 1.82) is 0 Å². The number of fused-ring (bicyclic) bond motifs is 1. The molecule has 3 aromatic heterocycles. The zero-order chi connectivity index (χ0) is 21.6. The minimum absolute atomic E-state index is 0.247. The molecule has 0 aliphatic heterocycles. The van der Waals surface area contributed by atoms with Crippen LogP contribution in [0.4, 0.5) is 17.6 Å². The van der Waals surface area contributed by atoms with E-state index >= 15 is 0 Å². The number of pyridine rings is 1. The van der Waals surface area contributed by atoms with E-state index in [1.165, 1.54) is 19.5 Å². The summed E-state index contributed by atoms with van der Waals surface area (Å²) in [7, 11) is 1.53. The van der Waals surface area contributed by atoms with Crippen molar-refractivity contribution < 1.29 is 27.0 Å². The number of hydrogen-bond acceptors (Lipinski definition) is 6. The van der Waals surface area contributed by atoms with E-state index in [9.17, 15) is 17.6 Å². The summed E-state index contributed by atoms with van der Waals surface area (Å²) < 4.78 is 65.1. The van der Waals surface area contributed by atoms with Gasteiger partial charge in [0.05, 0.1) is 11.9 Å². The molecule has 29 heavy (non-hydrogen) atoms. The third-order valence-electron chi connectivity index (χ3n) is 4.48. The number of ether oxygens (including phenoxy) is 2. The first kappa shape index (κ1) is 20.9. The van der Waals surface area contributed by atoms with Crippen molar-refractivity contribution in [3.8, 4) is 17.1 Å². The van der Waals surface area contributed by atoms with Gasteiger partial charge in [-0.15, -0.1) is 10.2 Å². The Hall–Kier alpha value is -2.82. The van der Waals surface area contributed by atoms with Crippen LogP contribution in [0.2, 0.25) is 0 Å². The Kier molecular flexibility index (Phi) is 4.98. The molecular weight excluding hydrogens is 394 g/mol. The molecule has 0 unspecified atom stereocenters. The molecule has 0 bridgehead atoms. The summed E-state index contributed by atoms with van der Waals surface area (Å²) in [4.78, 5) is 7.90. The number of nitrogens with zero attached hydrogens (tertiary/aromatic N) is 5. The standard InChI is InChI=1S/C18H19F4N5O2/c1-16(2,28-5)15-26-25-13-8-23-12(9-27(13)15)10-6-11(19)14(24-7-10)29-17(3,4)18(20,21)22/h6-9H,1-5H3. The summed E-state index contributed by atoms with van der Waals surface area (Å²) in [6, 6.07) is 1.01. The summed E-state index contributed by atoms with van der Waals surface area (Å²) in [5.74, 6) is -1.29. The molecule has 0 radical (unpaired) electrons. The van der Waals surface area contributed by atoms with Crippen molar-refractivity contribution in [2.45, 2.75) is 45.1 Å². The SMILES string of the molecule is COC(C)(C)c1nnc2cnc(-c3cnc(OC(C)(C)C(F)(F)F)c(F)c3)cn12. The normalized spacial score (nSPS) is 13.1. The van der Waals surface area contributed by atoms with Gasteiger partial charge in [0, 0.05) is 25.1 Å². The van der Waals surface area contributed by atoms with Gasteiger partial charge in [-0.3, -0.25) is 9.38 Å². The van der Waals surface area contributed by atoms with Crippen molar-refractivity contribution in [2.24, 2.45) is 0 Å². The van der Waals surface area contributed by atoms with Crippen molar-refractivity contribution >= 4 is 5.65 Å². The molecule has 0 atom stereocenters. The lowest BCUT2D eigenvalue weighted by molar-refractivity contribution is -0.235. The molecule has 0 saturated heterocycles. The molecule has 11 heteroatoms. The smallest absolute Gasteiger partial charge is 0.427 e. The summed E-state index contributed by atoms with van der Waals surface area (Å²) in [5.41, 5.74) is -2.32. The van der Waals surface area contributed by atoms with Crippen LogP contribution < -0.4 is 4.74 Å². The van der Waals surface area contributed by atoms with E-state index in [0.29, 0.717) is 17.2 Å². The van der Waals surface area contributed by atoms with Crippen molar-refractivity contribution in [1.82, 2.24) is 24.6 Å². The molecule has 0 aromatic carbocycles. The van der Waals surface area contributed by atoms with Gasteiger partial charge >= 0.3 is 6.18 Å². The van der Waals surface area contributed by atoms with E-state index in [2.05, 4.69) is 20.2 Å². The molecule has 0 saturated carbocycles. The fourth-order valence-corrected chi connectivity index (χ4v) is 2.39. The van der Waals surface area contributed by atoms with Crippen LogP contribution in [0.1, 0.15) is 33.5 Å². The molecule has 3 aromatic rings. The number of halogens is 4. The summed E-state index contributed by atoms with van der Waals surface area (Å²) in [6.07, 6.45) is -0.495. The van der Waals surface area contributed by atoms with Gasteiger partial charge in [-0.1, -0.05) is 0 Å². The second-order valence-electron chi connectivity index (χ2n) is 7.36. The Morgan fingerprint density at radius 3 is 2.28 bits per heavy atom.